The molecule has 0 aliphatic rings. The Morgan fingerprint density at radius 2 is 1.24 bits per heavy atom. The Morgan fingerprint density at radius 3 is 1.76 bits per heavy atom. The molecule has 0 saturated heterocycles. The van der Waals surface area contributed by atoms with Gasteiger partial charge in [0.1, 0.15) is 0 Å². The molecule has 0 radical (unpaired) electrons. The third kappa shape index (κ3) is 17.0. The zero-order valence-electron chi connectivity index (χ0n) is 14.2. The Kier molecular flexibility index (Phi) is 16.3. The van der Waals surface area contributed by atoms with Crippen LogP contribution in [0, 0.1) is 11.8 Å². The quantitative estimate of drug-likeness (QED) is 0.249. The lowest BCUT2D eigenvalue weighted by Crippen LogP contribution is -1.99. The van der Waals surface area contributed by atoms with E-state index in [0.717, 1.165) is 25.7 Å². The number of hydrogen-bond acceptors (Lipinski definition) is 2. The molecule has 0 aliphatic heterocycles. The molecule has 2 heteroatoms. The summed E-state index contributed by atoms with van der Waals surface area (Å²) in [6, 6.07) is 0. The molecule has 2 nitrogen and oxygen atoms in total. The van der Waals surface area contributed by atoms with Gasteiger partial charge >= 0.3 is 5.97 Å². The van der Waals surface area contributed by atoms with E-state index in [-0.39, 0.29) is 5.97 Å². The summed E-state index contributed by atoms with van der Waals surface area (Å²) in [5, 5.41) is 0. The minimum absolute atomic E-state index is 0.0874. The Labute approximate surface area is 132 Å². The summed E-state index contributed by atoms with van der Waals surface area (Å²) >= 11 is 0. The smallest absolute Gasteiger partial charge is 0.305 e. The van der Waals surface area contributed by atoms with Gasteiger partial charge in [-0.05, 0) is 19.3 Å². The first-order valence-electron chi connectivity index (χ1n) is 8.83. The van der Waals surface area contributed by atoms with Crippen molar-refractivity contribution in [3.05, 3.63) is 0 Å². The van der Waals surface area contributed by atoms with Gasteiger partial charge < -0.3 is 4.74 Å². The zero-order chi connectivity index (χ0) is 15.6. The predicted molar refractivity (Wildman–Crippen MR) is 90.1 cm³/mol. The molecule has 0 spiro atoms. The second-order valence-corrected chi connectivity index (χ2v) is 5.72. The number of carbonyl (C=O) groups is 1. The first-order valence-corrected chi connectivity index (χ1v) is 8.83. The topological polar surface area (TPSA) is 26.3 Å². The second-order valence-electron chi connectivity index (χ2n) is 5.72. The minimum atomic E-state index is -0.0874. The van der Waals surface area contributed by atoms with Crippen LogP contribution in [0.1, 0.15) is 96.8 Å². The molecule has 0 heterocycles. The Morgan fingerprint density at radius 1 is 0.762 bits per heavy atom. The lowest BCUT2D eigenvalue weighted by atomic mass is 10.1. The van der Waals surface area contributed by atoms with Gasteiger partial charge in [-0.25, -0.2) is 0 Å². The predicted octanol–water partition coefficient (Wildman–Crippen LogP) is 5.64. The fourth-order valence-electron chi connectivity index (χ4n) is 2.29. The van der Waals surface area contributed by atoms with Gasteiger partial charge in [0.15, 0.2) is 0 Å². The molecule has 21 heavy (non-hydrogen) atoms. The summed E-state index contributed by atoms with van der Waals surface area (Å²) in [7, 11) is 1.45. The summed E-state index contributed by atoms with van der Waals surface area (Å²) in [5.41, 5.74) is 0. The van der Waals surface area contributed by atoms with Crippen molar-refractivity contribution >= 4 is 5.97 Å². The maximum Gasteiger partial charge on any atom is 0.305 e. The third-order valence-electron chi connectivity index (χ3n) is 3.69. The highest BCUT2D eigenvalue weighted by atomic mass is 16.5. The van der Waals surface area contributed by atoms with E-state index in [1.54, 1.807) is 0 Å². The normalized spacial score (nSPS) is 10.0. The van der Waals surface area contributed by atoms with Gasteiger partial charge in [0.05, 0.1) is 7.11 Å². The average molecular weight is 294 g/mol. The summed E-state index contributed by atoms with van der Waals surface area (Å²) in [5.74, 6) is 6.48. The second kappa shape index (κ2) is 17.1. The molecule has 122 valence electrons. The van der Waals surface area contributed by atoms with Gasteiger partial charge in [-0.15, -0.1) is 11.8 Å². The molecule has 0 saturated carbocycles. The number of esters is 1. The Balaban J connectivity index is 3.14. The third-order valence-corrected chi connectivity index (χ3v) is 3.69. The van der Waals surface area contributed by atoms with Gasteiger partial charge in [-0.1, -0.05) is 58.3 Å². The summed E-state index contributed by atoms with van der Waals surface area (Å²) in [4.78, 5) is 10.9. The molecule has 0 aromatic heterocycles. The fourth-order valence-corrected chi connectivity index (χ4v) is 2.29. The van der Waals surface area contributed by atoms with Crippen LogP contribution in [0.4, 0.5) is 0 Å². The molecule has 0 N–H and O–H groups in total. The molecule has 0 fully saturated rings. The van der Waals surface area contributed by atoms with E-state index in [9.17, 15) is 4.79 Å². The van der Waals surface area contributed by atoms with Crippen LogP contribution in [0.15, 0.2) is 0 Å². The Bertz CT molecular complexity index is 286. The molecular formula is C19H34O2. The van der Waals surface area contributed by atoms with Crippen LogP contribution in [0.2, 0.25) is 0 Å². The maximum absolute atomic E-state index is 10.9. The average Bonchev–Trinajstić information content (AvgIpc) is 2.50. The zero-order valence-corrected chi connectivity index (χ0v) is 14.2. The molecule has 0 unspecified atom stereocenters. The molecule has 0 aromatic rings. The molecule has 0 rings (SSSR count). The van der Waals surface area contributed by atoms with Crippen LogP contribution in [0.5, 0.6) is 0 Å². The van der Waals surface area contributed by atoms with Crippen LogP contribution in [-0.4, -0.2) is 13.1 Å². The summed E-state index contributed by atoms with van der Waals surface area (Å²) < 4.78 is 4.61. The van der Waals surface area contributed by atoms with Crippen molar-refractivity contribution in [3.8, 4) is 11.8 Å². The molecule has 0 bridgehead atoms. The van der Waals surface area contributed by atoms with Crippen molar-refractivity contribution in [1.29, 1.82) is 0 Å². The first-order chi connectivity index (χ1) is 10.3. The van der Waals surface area contributed by atoms with Gasteiger partial charge in [-0.2, -0.15) is 0 Å². The molecule has 0 amide bonds. The van der Waals surface area contributed by atoms with Crippen molar-refractivity contribution in [3.63, 3.8) is 0 Å². The lowest BCUT2D eigenvalue weighted by Gasteiger charge is -1.99. The van der Waals surface area contributed by atoms with Crippen molar-refractivity contribution < 1.29 is 9.53 Å². The van der Waals surface area contributed by atoms with Crippen LogP contribution < -0.4 is 0 Å². The highest BCUT2D eigenvalue weighted by Gasteiger charge is 1.98. The van der Waals surface area contributed by atoms with Crippen molar-refractivity contribution in [2.24, 2.45) is 0 Å². The standard InChI is InChI=1S/C19H34O2/c1-3-4-5-6-7-8-9-10-11-12-13-14-15-16-17-18-19(20)21-2/h3-9,12-18H2,1-2H3. The van der Waals surface area contributed by atoms with Gasteiger partial charge in [0.25, 0.3) is 0 Å². The largest absolute Gasteiger partial charge is 0.469 e. The van der Waals surface area contributed by atoms with Crippen LogP contribution in [0.25, 0.3) is 0 Å². The lowest BCUT2D eigenvalue weighted by molar-refractivity contribution is -0.140. The summed E-state index contributed by atoms with van der Waals surface area (Å²) in [6.45, 7) is 2.25. The number of carbonyl (C=O) groups excluding carboxylic acids is 1. The summed E-state index contributed by atoms with van der Waals surface area (Å²) in [6.07, 6.45) is 16.5. The van der Waals surface area contributed by atoms with Crippen molar-refractivity contribution in [1.82, 2.24) is 0 Å². The van der Waals surface area contributed by atoms with E-state index in [2.05, 4.69) is 23.5 Å². The first kappa shape index (κ1) is 20.0. The van der Waals surface area contributed by atoms with Crippen molar-refractivity contribution in [2.45, 2.75) is 96.8 Å². The van der Waals surface area contributed by atoms with E-state index in [1.165, 1.54) is 64.9 Å². The SMILES string of the molecule is CCCCCCCCC#CCCCCCCCC(=O)OC. The van der Waals surface area contributed by atoms with Gasteiger partial charge in [0.2, 0.25) is 0 Å². The van der Waals surface area contributed by atoms with E-state index in [0.29, 0.717) is 6.42 Å². The number of ether oxygens (including phenoxy) is 1. The van der Waals surface area contributed by atoms with E-state index in [4.69, 9.17) is 0 Å². The molecular weight excluding hydrogens is 260 g/mol. The highest BCUT2D eigenvalue weighted by molar-refractivity contribution is 5.68. The molecule has 0 aliphatic carbocycles. The van der Waals surface area contributed by atoms with Gasteiger partial charge in [-0.3, -0.25) is 4.79 Å². The Hall–Kier alpha value is -0.970. The highest BCUT2D eigenvalue weighted by Crippen LogP contribution is 2.08. The van der Waals surface area contributed by atoms with Crippen LogP contribution in [0.3, 0.4) is 0 Å². The number of methoxy groups -OCH3 is 1. The van der Waals surface area contributed by atoms with Crippen LogP contribution >= 0.6 is 0 Å². The minimum Gasteiger partial charge on any atom is -0.469 e. The maximum atomic E-state index is 10.9. The molecule has 0 atom stereocenters. The number of unbranched alkanes of at least 4 members (excludes halogenated alkanes) is 11. The number of hydrogen-bond donors (Lipinski definition) is 0. The molecule has 0 aromatic carbocycles. The van der Waals surface area contributed by atoms with Crippen LogP contribution in [-0.2, 0) is 9.53 Å². The van der Waals surface area contributed by atoms with Gasteiger partial charge in [0, 0.05) is 19.3 Å². The monoisotopic (exact) mass is 294 g/mol. The van der Waals surface area contributed by atoms with E-state index in [1.807, 2.05) is 0 Å². The van der Waals surface area contributed by atoms with Crippen molar-refractivity contribution in [2.75, 3.05) is 7.11 Å². The van der Waals surface area contributed by atoms with E-state index >= 15 is 0 Å². The number of rotatable bonds is 13. The van der Waals surface area contributed by atoms with E-state index < -0.39 is 0 Å². The fraction of sp³-hybridized carbons (Fsp3) is 0.842.